The Kier molecular flexibility index (Phi) is 6.51. The Bertz CT molecular complexity index is 1060. The molecule has 0 spiro atoms. The fourth-order valence-corrected chi connectivity index (χ4v) is 2.89. The summed E-state index contributed by atoms with van der Waals surface area (Å²) in [6.45, 7) is -0.181. The number of carboxylic acid groups (broad SMARTS) is 3. The Morgan fingerprint density at radius 3 is 1.42 bits per heavy atom. The SMILES string of the molecule is O=C(O)c1cc(OCc2ccccc2C(=O)O)cc(OCc2ccccc2C(=O)O)c1. The highest BCUT2D eigenvalue weighted by Crippen LogP contribution is 2.26. The van der Waals surface area contributed by atoms with Crippen LogP contribution in [0, 0.1) is 0 Å². The van der Waals surface area contributed by atoms with Crippen LogP contribution in [0.5, 0.6) is 11.5 Å². The van der Waals surface area contributed by atoms with Gasteiger partial charge in [-0.3, -0.25) is 0 Å². The van der Waals surface area contributed by atoms with Crippen LogP contribution in [0.25, 0.3) is 0 Å². The highest BCUT2D eigenvalue weighted by Gasteiger charge is 2.14. The van der Waals surface area contributed by atoms with Crippen LogP contribution in [-0.4, -0.2) is 33.2 Å². The standard InChI is InChI=1S/C23H18O8/c24-21(25)16-9-17(30-12-14-5-1-3-7-19(14)22(26)27)11-18(10-16)31-13-15-6-2-4-8-20(15)23(28)29/h1-11H,12-13H2,(H,24,25)(H,26,27)(H,28,29). The number of carbonyl (C=O) groups is 3. The van der Waals surface area contributed by atoms with Crippen molar-refractivity contribution in [3.63, 3.8) is 0 Å². The molecule has 0 aliphatic heterocycles. The fraction of sp³-hybridized carbons (Fsp3) is 0.0870. The van der Waals surface area contributed by atoms with Crippen LogP contribution in [-0.2, 0) is 13.2 Å². The Hall–Kier alpha value is -4.33. The van der Waals surface area contributed by atoms with Gasteiger partial charge in [-0.05, 0) is 24.3 Å². The first-order valence-corrected chi connectivity index (χ1v) is 9.11. The van der Waals surface area contributed by atoms with E-state index < -0.39 is 17.9 Å². The maximum Gasteiger partial charge on any atom is 0.336 e. The van der Waals surface area contributed by atoms with Crippen LogP contribution >= 0.6 is 0 Å². The van der Waals surface area contributed by atoms with Gasteiger partial charge < -0.3 is 24.8 Å². The van der Waals surface area contributed by atoms with Crippen LogP contribution in [0.1, 0.15) is 42.2 Å². The van der Waals surface area contributed by atoms with Gasteiger partial charge in [0.05, 0.1) is 16.7 Å². The second kappa shape index (κ2) is 9.45. The van der Waals surface area contributed by atoms with Gasteiger partial charge in [-0.25, -0.2) is 14.4 Å². The number of benzene rings is 3. The highest BCUT2D eigenvalue weighted by atomic mass is 16.5. The maximum atomic E-state index is 11.5. The second-order valence-corrected chi connectivity index (χ2v) is 6.50. The van der Waals surface area contributed by atoms with Gasteiger partial charge in [0.15, 0.2) is 0 Å². The molecule has 0 bridgehead atoms. The molecule has 0 aliphatic carbocycles. The first-order chi connectivity index (χ1) is 14.8. The summed E-state index contributed by atoms with van der Waals surface area (Å²) in [6.07, 6.45) is 0. The van der Waals surface area contributed by atoms with Crippen molar-refractivity contribution in [2.75, 3.05) is 0 Å². The minimum atomic E-state index is -1.20. The molecule has 3 rings (SSSR count). The second-order valence-electron chi connectivity index (χ2n) is 6.50. The van der Waals surface area contributed by atoms with E-state index in [4.69, 9.17) is 9.47 Å². The largest absolute Gasteiger partial charge is 0.489 e. The van der Waals surface area contributed by atoms with E-state index in [9.17, 15) is 29.7 Å². The van der Waals surface area contributed by atoms with E-state index in [2.05, 4.69) is 0 Å². The van der Waals surface area contributed by atoms with Gasteiger partial charge in [0.25, 0.3) is 0 Å². The molecule has 3 N–H and O–H groups in total. The van der Waals surface area contributed by atoms with E-state index in [-0.39, 0.29) is 41.4 Å². The molecule has 0 amide bonds. The van der Waals surface area contributed by atoms with E-state index >= 15 is 0 Å². The Morgan fingerprint density at radius 1 is 0.613 bits per heavy atom. The predicted octanol–water partition coefficient (Wildman–Crippen LogP) is 3.94. The molecule has 0 heterocycles. The van der Waals surface area contributed by atoms with E-state index in [0.717, 1.165) is 0 Å². The zero-order valence-electron chi connectivity index (χ0n) is 16.1. The summed E-state index contributed by atoms with van der Waals surface area (Å²) in [7, 11) is 0. The van der Waals surface area contributed by atoms with Crippen molar-refractivity contribution in [3.8, 4) is 11.5 Å². The predicted molar refractivity (Wildman–Crippen MR) is 109 cm³/mol. The number of hydrogen-bond donors (Lipinski definition) is 3. The first-order valence-electron chi connectivity index (χ1n) is 9.11. The van der Waals surface area contributed by atoms with Crippen LogP contribution in [0.4, 0.5) is 0 Å². The zero-order valence-corrected chi connectivity index (χ0v) is 16.1. The number of ether oxygens (including phenoxy) is 2. The average Bonchev–Trinajstić information content (AvgIpc) is 2.76. The van der Waals surface area contributed by atoms with Gasteiger partial charge in [-0.1, -0.05) is 36.4 Å². The molecule has 3 aromatic carbocycles. The van der Waals surface area contributed by atoms with Gasteiger partial charge in [-0.15, -0.1) is 0 Å². The summed E-state index contributed by atoms with van der Waals surface area (Å²) in [4.78, 5) is 34.1. The van der Waals surface area contributed by atoms with Gasteiger partial charge in [0, 0.05) is 17.2 Å². The molecule has 0 atom stereocenters. The molecule has 31 heavy (non-hydrogen) atoms. The molecule has 3 aromatic rings. The van der Waals surface area contributed by atoms with Crippen LogP contribution in [0.2, 0.25) is 0 Å². The van der Waals surface area contributed by atoms with Gasteiger partial charge in [-0.2, -0.15) is 0 Å². The smallest absolute Gasteiger partial charge is 0.336 e. The van der Waals surface area contributed by atoms with Gasteiger partial charge >= 0.3 is 17.9 Å². The first kappa shape index (κ1) is 21.4. The number of aromatic carboxylic acids is 3. The normalized spacial score (nSPS) is 10.3. The lowest BCUT2D eigenvalue weighted by Crippen LogP contribution is -2.07. The third-order valence-corrected chi connectivity index (χ3v) is 4.41. The number of hydrogen-bond acceptors (Lipinski definition) is 5. The van der Waals surface area contributed by atoms with Crippen molar-refractivity contribution in [3.05, 3.63) is 94.5 Å². The molecule has 8 heteroatoms. The molecule has 0 aromatic heterocycles. The molecular weight excluding hydrogens is 404 g/mol. The molecular formula is C23H18O8. The van der Waals surface area contributed by atoms with Crippen molar-refractivity contribution in [1.82, 2.24) is 0 Å². The van der Waals surface area contributed by atoms with Crippen LogP contribution in [0.3, 0.4) is 0 Å². The molecule has 0 saturated heterocycles. The summed E-state index contributed by atoms with van der Waals surface area (Å²) in [5.74, 6) is -3.06. The molecule has 158 valence electrons. The molecule has 0 radical (unpaired) electrons. The van der Waals surface area contributed by atoms with Crippen molar-refractivity contribution >= 4 is 17.9 Å². The summed E-state index contributed by atoms with van der Waals surface area (Å²) in [5.41, 5.74) is 0.921. The summed E-state index contributed by atoms with van der Waals surface area (Å²) in [5, 5.41) is 27.9. The molecule has 0 aliphatic rings. The maximum absolute atomic E-state index is 11.5. The van der Waals surface area contributed by atoms with E-state index in [1.54, 1.807) is 36.4 Å². The highest BCUT2D eigenvalue weighted by molar-refractivity contribution is 5.90. The van der Waals surface area contributed by atoms with Crippen molar-refractivity contribution in [2.24, 2.45) is 0 Å². The lowest BCUT2D eigenvalue weighted by atomic mass is 10.1. The summed E-state index contributed by atoms with van der Waals surface area (Å²) < 4.78 is 11.3. The number of rotatable bonds is 9. The van der Waals surface area contributed by atoms with Crippen LogP contribution < -0.4 is 9.47 Å². The summed E-state index contributed by atoms with van der Waals surface area (Å²) >= 11 is 0. The third-order valence-electron chi connectivity index (χ3n) is 4.41. The van der Waals surface area contributed by atoms with Crippen molar-refractivity contribution in [2.45, 2.75) is 13.2 Å². The van der Waals surface area contributed by atoms with E-state index in [1.165, 1.54) is 30.3 Å². The lowest BCUT2D eigenvalue weighted by Gasteiger charge is -2.13. The Balaban J connectivity index is 1.81. The fourth-order valence-electron chi connectivity index (χ4n) is 2.89. The average molecular weight is 422 g/mol. The molecule has 0 saturated carbocycles. The van der Waals surface area contributed by atoms with Crippen molar-refractivity contribution < 1.29 is 39.2 Å². The monoisotopic (exact) mass is 422 g/mol. The molecule has 8 nitrogen and oxygen atoms in total. The topological polar surface area (TPSA) is 130 Å². The van der Waals surface area contributed by atoms with E-state index in [1.807, 2.05) is 0 Å². The van der Waals surface area contributed by atoms with Gasteiger partial charge in [0.1, 0.15) is 24.7 Å². The molecule has 0 fully saturated rings. The minimum absolute atomic E-state index is 0.0821. The number of carboxylic acids is 3. The molecule has 0 unspecified atom stereocenters. The van der Waals surface area contributed by atoms with Crippen LogP contribution in [0.15, 0.2) is 66.7 Å². The quantitative estimate of drug-likeness (QED) is 0.473. The van der Waals surface area contributed by atoms with Crippen molar-refractivity contribution in [1.29, 1.82) is 0 Å². The Labute approximate surface area is 176 Å². The summed E-state index contributed by atoms with van der Waals surface area (Å²) in [6, 6.07) is 16.7. The van der Waals surface area contributed by atoms with E-state index in [0.29, 0.717) is 11.1 Å². The van der Waals surface area contributed by atoms with Gasteiger partial charge in [0.2, 0.25) is 0 Å². The zero-order chi connectivity index (χ0) is 22.4. The lowest BCUT2D eigenvalue weighted by molar-refractivity contribution is 0.0683. The minimum Gasteiger partial charge on any atom is -0.489 e. The Morgan fingerprint density at radius 2 is 1.03 bits per heavy atom. The third kappa shape index (κ3) is 5.39.